The summed E-state index contributed by atoms with van der Waals surface area (Å²) in [5.41, 5.74) is 3.80. The molecule has 0 atom stereocenters. The van der Waals surface area contributed by atoms with Gasteiger partial charge in [-0.1, -0.05) is 0 Å². The lowest BCUT2D eigenvalue weighted by atomic mass is 10.2. The maximum Gasteiger partial charge on any atom is 0.271 e. The lowest BCUT2D eigenvalue weighted by Gasteiger charge is -2.09. The number of fused-ring (bicyclic) bond motifs is 1. The number of benzene rings is 2. The number of hydrogen-bond acceptors (Lipinski definition) is 7. The van der Waals surface area contributed by atoms with E-state index in [2.05, 4.69) is 15.8 Å². The third kappa shape index (κ3) is 4.95. The first kappa shape index (κ1) is 20.0. The second kappa shape index (κ2) is 8.96. The van der Waals surface area contributed by atoms with E-state index in [4.69, 9.17) is 18.9 Å². The minimum absolute atomic E-state index is 0.0145. The first-order chi connectivity index (χ1) is 14.0. The van der Waals surface area contributed by atoms with Crippen molar-refractivity contribution < 1.29 is 28.5 Å². The molecule has 2 aromatic rings. The molecule has 0 spiro atoms. The van der Waals surface area contributed by atoms with Crippen LogP contribution < -0.4 is 29.7 Å². The molecule has 0 saturated heterocycles. The number of carbonyl (C=O) groups is 2. The molecule has 9 nitrogen and oxygen atoms in total. The van der Waals surface area contributed by atoms with E-state index in [1.807, 2.05) is 0 Å². The first-order valence-electron chi connectivity index (χ1n) is 8.75. The van der Waals surface area contributed by atoms with Crippen molar-refractivity contribution in [2.45, 2.75) is 13.3 Å². The van der Waals surface area contributed by atoms with Crippen LogP contribution in [0.5, 0.6) is 23.0 Å². The zero-order chi connectivity index (χ0) is 20.8. The van der Waals surface area contributed by atoms with E-state index in [0.29, 0.717) is 40.0 Å². The smallest absolute Gasteiger partial charge is 0.271 e. The normalized spacial score (nSPS) is 12.3. The maximum absolute atomic E-state index is 12.3. The van der Waals surface area contributed by atoms with Crippen LogP contribution >= 0.6 is 0 Å². The summed E-state index contributed by atoms with van der Waals surface area (Å²) in [5, 5.41) is 6.73. The molecule has 2 aromatic carbocycles. The summed E-state index contributed by atoms with van der Waals surface area (Å²) in [4.78, 5) is 24.4. The summed E-state index contributed by atoms with van der Waals surface area (Å²) in [6.07, 6.45) is 0.0145. The zero-order valence-corrected chi connectivity index (χ0v) is 16.3. The predicted octanol–water partition coefficient (Wildman–Crippen LogP) is 2.57. The Kier molecular flexibility index (Phi) is 6.18. The van der Waals surface area contributed by atoms with Crippen molar-refractivity contribution >= 4 is 23.2 Å². The van der Waals surface area contributed by atoms with Crippen LogP contribution in [0.15, 0.2) is 41.5 Å². The molecule has 0 bridgehead atoms. The number of hydrazone groups is 1. The van der Waals surface area contributed by atoms with Crippen molar-refractivity contribution in [2.24, 2.45) is 5.10 Å². The average Bonchev–Trinajstić information content (AvgIpc) is 3.19. The number of hydrogen-bond donors (Lipinski definition) is 2. The summed E-state index contributed by atoms with van der Waals surface area (Å²) >= 11 is 0. The Balaban J connectivity index is 1.55. The lowest BCUT2D eigenvalue weighted by molar-refractivity contribution is -0.115. The monoisotopic (exact) mass is 399 g/mol. The number of rotatable bonds is 7. The molecule has 0 fully saturated rings. The van der Waals surface area contributed by atoms with Crippen LogP contribution in [0.1, 0.15) is 23.7 Å². The number of methoxy groups -OCH3 is 2. The number of nitrogens with zero attached hydrogens (tertiary/aromatic N) is 1. The summed E-state index contributed by atoms with van der Waals surface area (Å²) in [7, 11) is 3.00. The molecule has 9 heteroatoms. The van der Waals surface area contributed by atoms with Gasteiger partial charge in [-0.25, -0.2) is 5.43 Å². The third-order valence-electron chi connectivity index (χ3n) is 4.07. The van der Waals surface area contributed by atoms with Crippen molar-refractivity contribution in [3.8, 4) is 23.0 Å². The van der Waals surface area contributed by atoms with Crippen LogP contribution in [0.25, 0.3) is 0 Å². The molecule has 0 saturated carbocycles. The summed E-state index contributed by atoms with van der Waals surface area (Å²) < 4.78 is 20.8. The molecule has 0 aliphatic carbocycles. The number of ether oxygens (including phenoxy) is 4. The number of anilines is 1. The second-order valence-electron chi connectivity index (χ2n) is 6.15. The molecule has 1 aliphatic heterocycles. The molecular formula is C20H21N3O6. The molecule has 1 heterocycles. The Labute approximate surface area is 167 Å². The van der Waals surface area contributed by atoms with Crippen molar-refractivity contribution in [3.63, 3.8) is 0 Å². The van der Waals surface area contributed by atoms with E-state index < -0.39 is 5.91 Å². The number of carbonyl (C=O) groups excluding carboxylic acids is 2. The average molecular weight is 399 g/mol. The van der Waals surface area contributed by atoms with Gasteiger partial charge < -0.3 is 24.3 Å². The highest BCUT2D eigenvalue weighted by molar-refractivity contribution is 6.06. The highest BCUT2D eigenvalue weighted by atomic mass is 16.7. The third-order valence-corrected chi connectivity index (χ3v) is 4.07. The van der Waals surface area contributed by atoms with Crippen LogP contribution in [0.3, 0.4) is 0 Å². The molecule has 29 heavy (non-hydrogen) atoms. The van der Waals surface area contributed by atoms with Gasteiger partial charge in [0.05, 0.1) is 20.6 Å². The van der Waals surface area contributed by atoms with Gasteiger partial charge in [-0.15, -0.1) is 0 Å². The van der Waals surface area contributed by atoms with Crippen molar-refractivity contribution in [3.05, 3.63) is 42.0 Å². The van der Waals surface area contributed by atoms with Crippen molar-refractivity contribution in [1.82, 2.24) is 5.43 Å². The molecule has 2 amide bonds. The fourth-order valence-corrected chi connectivity index (χ4v) is 2.64. The SMILES string of the molecule is COc1ccc(C(=O)N/N=C(\C)CC(=O)Nc2ccc3c(c2)OCO3)cc1OC. The number of amides is 2. The Hall–Kier alpha value is -3.75. The van der Waals surface area contributed by atoms with Gasteiger partial charge in [-0.3, -0.25) is 9.59 Å². The van der Waals surface area contributed by atoms with Gasteiger partial charge in [0, 0.05) is 23.0 Å². The quantitative estimate of drug-likeness (QED) is 0.547. The number of nitrogens with one attached hydrogen (secondary N) is 2. The Morgan fingerprint density at radius 1 is 1.03 bits per heavy atom. The second-order valence-corrected chi connectivity index (χ2v) is 6.15. The minimum atomic E-state index is -0.429. The predicted molar refractivity (Wildman–Crippen MR) is 106 cm³/mol. The van der Waals surface area contributed by atoms with E-state index in [1.165, 1.54) is 14.2 Å². The molecule has 0 unspecified atom stereocenters. The molecule has 152 valence electrons. The largest absolute Gasteiger partial charge is 0.493 e. The zero-order valence-electron chi connectivity index (χ0n) is 16.3. The van der Waals surface area contributed by atoms with E-state index in [1.54, 1.807) is 43.3 Å². The Bertz CT molecular complexity index is 957. The van der Waals surface area contributed by atoms with Gasteiger partial charge in [0.2, 0.25) is 12.7 Å². The topological polar surface area (TPSA) is 107 Å². The minimum Gasteiger partial charge on any atom is -0.493 e. The molecule has 2 N–H and O–H groups in total. The fraction of sp³-hybridized carbons (Fsp3) is 0.250. The summed E-state index contributed by atoms with van der Waals surface area (Å²) in [6.45, 7) is 1.81. The highest BCUT2D eigenvalue weighted by Gasteiger charge is 2.15. The lowest BCUT2D eigenvalue weighted by Crippen LogP contribution is -2.21. The Morgan fingerprint density at radius 3 is 2.55 bits per heavy atom. The van der Waals surface area contributed by atoms with Crippen LogP contribution in [0, 0.1) is 0 Å². The Morgan fingerprint density at radius 2 is 1.79 bits per heavy atom. The van der Waals surface area contributed by atoms with E-state index in [9.17, 15) is 9.59 Å². The van der Waals surface area contributed by atoms with Crippen LogP contribution in [-0.2, 0) is 4.79 Å². The fourth-order valence-electron chi connectivity index (χ4n) is 2.64. The standard InChI is InChI=1S/C20H21N3O6/c1-12(8-19(24)21-14-5-7-16-18(10-14)29-11-28-16)22-23-20(25)13-4-6-15(26-2)17(9-13)27-3/h4-7,9-10H,8,11H2,1-3H3,(H,21,24)(H,23,25)/b22-12+. The maximum atomic E-state index is 12.3. The molecule has 0 aromatic heterocycles. The van der Waals surface area contributed by atoms with Gasteiger partial charge in [-0.05, 0) is 37.3 Å². The van der Waals surface area contributed by atoms with Crippen LogP contribution in [0.4, 0.5) is 5.69 Å². The van der Waals surface area contributed by atoms with Gasteiger partial charge in [0.25, 0.3) is 5.91 Å². The van der Waals surface area contributed by atoms with Gasteiger partial charge in [-0.2, -0.15) is 5.10 Å². The van der Waals surface area contributed by atoms with E-state index >= 15 is 0 Å². The van der Waals surface area contributed by atoms with E-state index in [0.717, 1.165) is 0 Å². The van der Waals surface area contributed by atoms with Gasteiger partial charge >= 0.3 is 0 Å². The molecule has 3 rings (SSSR count). The van der Waals surface area contributed by atoms with Gasteiger partial charge in [0.15, 0.2) is 23.0 Å². The molecular weight excluding hydrogens is 378 g/mol. The van der Waals surface area contributed by atoms with Gasteiger partial charge in [0.1, 0.15) is 0 Å². The van der Waals surface area contributed by atoms with Crippen LogP contribution in [-0.4, -0.2) is 38.5 Å². The van der Waals surface area contributed by atoms with Crippen LogP contribution in [0.2, 0.25) is 0 Å². The molecule has 1 aliphatic rings. The molecule has 0 radical (unpaired) electrons. The van der Waals surface area contributed by atoms with E-state index in [-0.39, 0.29) is 19.1 Å². The van der Waals surface area contributed by atoms with Crippen molar-refractivity contribution in [1.29, 1.82) is 0 Å². The summed E-state index contributed by atoms with van der Waals surface area (Å²) in [6, 6.07) is 9.90. The highest BCUT2D eigenvalue weighted by Crippen LogP contribution is 2.34. The summed E-state index contributed by atoms with van der Waals surface area (Å²) in [5.74, 6) is 1.47. The first-order valence-corrected chi connectivity index (χ1v) is 8.75. The van der Waals surface area contributed by atoms with Crippen molar-refractivity contribution in [2.75, 3.05) is 26.3 Å².